The smallest absolute Gasteiger partial charge is 0.319 e. The minimum Gasteiger partial charge on any atom is -0.377 e. The monoisotopic (exact) mass is 540 g/mol. The molecule has 37 heavy (non-hydrogen) atoms. The molecule has 1 saturated carbocycles. The number of carbonyl (C=O) groups excluding carboxylic acids is 1. The summed E-state index contributed by atoms with van der Waals surface area (Å²) in [4.78, 5) is 28.7. The van der Waals surface area contributed by atoms with Crippen molar-refractivity contribution >= 4 is 39.7 Å². The van der Waals surface area contributed by atoms with E-state index in [4.69, 9.17) is 14.7 Å². The van der Waals surface area contributed by atoms with Crippen molar-refractivity contribution in [3.8, 4) is 11.4 Å². The van der Waals surface area contributed by atoms with Crippen LogP contribution in [0.3, 0.4) is 0 Å². The Hall–Kier alpha value is -2.89. The van der Waals surface area contributed by atoms with E-state index in [1.807, 2.05) is 49.6 Å². The van der Waals surface area contributed by atoms with Crippen molar-refractivity contribution in [1.29, 1.82) is 0 Å². The van der Waals surface area contributed by atoms with Gasteiger partial charge in [-0.2, -0.15) is 0 Å². The lowest BCUT2D eigenvalue weighted by Crippen LogP contribution is -2.44. The van der Waals surface area contributed by atoms with Crippen LogP contribution in [0.2, 0.25) is 0 Å². The van der Waals surface area contributed by atoms with Crippen LogP contribution in [0.4, 0.5) is 16.3 Å². The summed E-state index contributed by atoms with van der Waals surface area (Å²) in [6, 6.07) is 9.44. The quantitative estimate of drug-likeness (QED) is 0.434. The van der Waals surface area contributed by atoms with E-state index in [9.17, 15) is 9.00 Å². The van der Waals surface area contributed by atoms with Gasteiger partial charge in [0.25, 0.3) is 0 Å². The molecule has 5 rings (SSSR count). The molecule has 0 bridgehead atoms. The maximum Gasteiger partial charge on any atom is 0.319 e. The zero-order chi connectivity index (χ0) is 26.0. The molecule has 1 aliphatic carbocycles. The molecule has 11 heteroatoms. The molecule has 9 nitrogen and oxygen atoms in total. The number of hydrogen-bond donors (Lipinski definition) is 2. The van der Waals surface area contributed by atoms with Gasteiger partial charge in [-0.1, -0.05) is 6.92 Å². The fraction of sp³-hybridized carbons (Fsp3) is 0.462. The average molecular weight is 541 g/mol. The summed E-state index contributed by atoms with van der Waals surface area (Å²) < 4.78 is 19.4. The molecule has 0 radical (unpaired) electrons. The fourth-order valence-corrected chi connectivity index (χ4v) is 7.18. The lowest BCUT2D eigenvalue weighted by Gasteiger charge is -2.34. The molecule has 3 heterocycles. The molecule has 3 aromatic rings. The van der Waals surface area contributed by atoms with Crippen LogP contribution in [0.5, 0.6) is 0 Å². The molecule has 1 unspecified atom stereocenters. The molecule has 2 aliphatic rings. The van der Waals surface area contributed by atoms with Crippen molar-refractivity contribution in [1.82, 2.24) is 20.3 Å². The Morgan fingerprint density at radius 2 is 2.03 bits per heavy atom. The Morgan fingerprint density at radius 1 is 1.24 bits per heavy atom. The summed E-state index contributed by atoms with van der Waals surface area (Å²) in [6.07, 6.45) is 2.46. The first-order valence-corrected chi connectivity index (χ1v) is 14.7. The highest BCUT2D eigenvalue weighted by Gasteiger charge is 2.53. The van der Waals surface area contributed by atoms with Crippen molar-refractivity contribution in [2.24, 2.45) is 0 Å². The normalized spacial score (nSPS) is 19.3. The second kappa shape index (κ2) is 10.8. The number of amides is 2. The maximum absolute atomic E-state index is 13.7. The van der Waals surface area contributed by atoms with Crippen LogP contribution in [0, 0.1) is 6.92 Å². The number of benzene rings is 1. The van der Waals surface area contributed by atoms with Crippen molar-refractivity contribution in [2.75, 3.05) is 36.5 Å². The SMILES string of the molecule is CCCNC(=O)Nc1ccc(-c2nc(N3CCOC[C@@H]3C)cc(C3(S(=O)c4nc(C)cs4)CC3)n2)cc1. The minimum atomic E-state index is -1.29. The number of nitrogens with one attached hydrogen (secondary N) is 2. The van der Waals surface area contributed by atoms with Gasteiger partial charge in [-0.15, -0.1) is 11.3 Å². The van der Waals surface area contributed by atoms with Gasteiger partial charge in [0.05, 0.1) is 40.5 Å². The third-order valence-corrected chi connectivity index (χ3v) is 9.82. The number of morpholine rings is 1. The lowest BCUT2D eigenvalue weighted by molar-refractivity contribution is 0.0985. The van der Waals surface area contributed by atoms with Crippen molar-refractivity contribution in [3.63, 3.8) is 0 Å². The minimum absolute atomic E-state index is 0.167. The van der Waals surface area contributed by atoms with E-state index in [1.165, 1.54) is 11.3 Å². The van der Waals surface area contributed by atoms with Gasteiger partial charge in [-0.05, 0) is 57.4 Å². The Kier molecular flexibility index (Phi) is 7.55. The van der Waals surface area contributed by atoms with Gasteiger partial charge in [-0.25, -0.2) is 19.7 Å². The molecular weight excluding hydrogens is 508 g/mol. The second-order valence-electron chi connectivity index (χ2n) is 9.53. The lowest BCUT2D eigenvalue weighted by atomic mass is 10.1. The van der Waals surface area contributed by atoms with Gasteiger partial charge in [0.1, 0.15) is 5.82 Å². The number of nitrogens with zero attached hydrogens (tertiary/aromatic N) is 4. The summed E-state index contributed by atoms with van der Waals surface area (Å²) >= 11 is 1.44. The zero-order valence-electron chi connectivity index (χ0n) is 21.3. The van der Waals surface area contributed by atoms with Crippen LogP contribution in [0.1, 0.15) is 44.5 Å². The molecule has 2 aromatic heterocycles. The van der Waals surface area contributed by atoms with E-state index < -0.39 is 15.5 Å². The first-order valence-electron chi connectivity index (χ1n) is 12.6. The van der Waals surface area contributed by atoms with Gasteiger partial charge >= 0.3 is 6.03 Å². The van der Waals surface area contributed by atoms with Crippen LogP contribution in [0.15, 0.2) is 40.1 Å². The van der Waals surface area contributed by atoms with E-state index in [-0.39, 0.29) is 12.1 Å². The maximum atomic E-state index is 13.7. The molecule has 2 N–H and O–H groups in total. The van der Waals surface area contributed by atoms with Crippen LogP contribution in [0.25, 0.3) is 11.4 Å². The first kappa shape index (κ1) is 25.7. The number of aromatic nitrogens is 3. The van der Waals surface area contributed by atoms with Gasteiger partial charge in [0.15, 0.2) is 10.2 Å². The number of anilines is 2. The molecule has 1 aliphatic heterocycles. The van der Waals surface area contributed by atoms with Gasteiger partial charge in [0, 0.05) is 41.5 Å². The van der Waals surface area contributed by atoms with Gasteiger partial charge < -0.3 is 20.3 Å². The third kappa shape index (κ3) is 5.53. The Bertz CT molecular complexity index is 1290. The standard InChI is InChI=1S/C26H32N6O3S2/c1-4-11-27-24(33)29-20-7-5-19(6-8-20)23-30-21(14-22(31-23)32-12-13-35-15-18(32)3)26(9-10-26)37(34)25-28-17(2)16-36-25/h5-8,14,16,18H,4,9-13,15H2,1-3H3,(H2,27,29,33)/t18-,37?/m0/s1. The highest BCUT2D eigenvalue weighted by molar-refractivity contribution is 7.88. The summed E-state index contributed by atoms with van der Waals surface area (Å²) in [7, 11) is -1.29. The molecule has 196 valence electrons. The molecule has 0 spiro atoms. The molecule has 1 aromatic carbocycles. The number of rotatable bonds is 8. The number of urea groups is 1. The molecule has 2 atom stereocenters. The predicted octanol–water partition coefficient (Wildman–Crippen LogP) is 4.46. The van der Waals surface area contributed by atoms with Gasteiger partial charge in [0.2, 0.25) is 0 Å². The molecule has 1 saturated heterocycles. The summed E-state index contributed by atoms with van der Waals surface area (Å²) in [5.41, 5.74) is 3.19. The van der Waals surface area contributed by atoms with Crippen molar-refractivity contribution in [3.05, 3.63) is 47.1 Å². The van der Waals surface area contributed by atoms with Crippen molar-refractivity contribution < 1.29 is 13.7 Å². The number of carbonyl (C=O) groups is 1. The first-order chi connectivity index (χ1) is 17.9. The number of thiazole rings is 1. The zero-order valence-corrected chi connectivity index (χ0v) is 23.0. The summed E-state index contributed by atoms with van der Waals surface area (Å²) in [5.74, 6) is 1.39. The molecule has 2 fully saturated rings. The Labute approximate surface area is 223 Å². The van der Waals surface area contributed by atoms with Crippen LogP contribution in [-0.4, -0.2) is 57.5 Å². The molecule has 2 amide bonds. The third-order valence-electron chi connectivity index (χ3n) is 6.59. The topological polar surface area (TPSA) is 109 Å². The Balaban J connectivity index is 1.49. The second-order valence-corrected chi connectivity index (χ2v) is 12.4. The number of hydrogen-bond acceptors (Lipinski definition) is 8. The van der Waals surface area contributed by atoms with Crippen LogP contribution in [-0.2, 0) is 20.3 Å². The van der Waals surface area contributed by atoms with E-state index in [0.717, 1.165) is 48.6 Å². The summed E-state index contributed by atoms with van der Waals surface area (Å²) in [6.45, 7) is 8.66. The highest BCUT2D eigenvalue weighted by atomic mass is 32.2. The summed E-state index contributed by atoms with van der Waals surface area (Å²) in [5, 5.41) is 7.59. The van der Waals surface area contributed by atoms with Crippen molar-refractivity contribution in [2.45, 2.75) is 55.2 Å². The fourth-order valence-electron chi connectivity index (χ4n) is 4.36. The Morgan fingerprint density at radius 3 is 2.68 bits per heavy atom. The number of aryl methyl sites for hydroxylation is 1. The van der Waals surface area contributed by atoms with Crippen LogP contribution < -0.4 is 15.5 Å². The van der Waals surface area contributed by atoms with Gasteiger partial charge in [-0.3, -0.25) is 4.21 Å². The van der Waals surface area contributed by atoms with E-state index in [0.29, 0.717) is 35.6 Å². The molecular formula is C26H32N6O3S2. The van der Waals surface area contributed by atoms with Crippen LogP contribution >= 0.6 is 11.3 Å². The predicted molar refractivity (Wildman–Crippen MR) is 147 cm³/mol. The largest absolute Gasteiger partial charge is 0.377 e. The van der Waals surface area contributed by atoms with E-state index >= 15 is 0 Å². The van der Waals surface area contributed by atoms with E-state index in [2.05, 4.69) is 27.4 Å². The highest BCUT2D eigenvalue weighted by Crippen LogP contribution is 2.53. The average Bonchev–Trinajstić information content (AvgIpc) is 3.61. The number of ether oxygens (including phenoxy) is 1. The van der Waals surface area contributed by atoms with E-state index in [1.54, 1.807) is 0 Å².